The average molecular weight is 383 g/mol. The van der Waals surface area contributed by atoms with Crippen molar-refractivity contribution in [3.05, 3.63) is 66.7 Å². The van der Waals surface area contributed by atoms with Crippen LogP contribution in [0.1, 0.15) is 10.4 Å². The van der Waals surface area contributed by atoms with Gasteiger partial charge in [-0.15, -0.1) is 0 Å². The highest BCUT2D eigenvalue weighted by molar-refractivity contribution is 5.96. The normalized spacial score (nSPS) is 10.0. The van der Waals surface area contributed by atoms with E-state index in [0.29, 0.717) is 36.8 Å². The molecule has 0 saturated heterocycles. The Morgan fingerprint density at radius 3 is 2.57 bits per heavy atom. The third kappa shape index (κ3) is 6.77. The number of benzene rings is 2. The molecule has 2 rings (SSSR count). The highest BCUT2D eigenvalue weighted by Gasteiger charge is 2.08. The number of para-hydroxylation sites is 2. The molecule has 0 fully saturated rings. The van der Waals surface area contributed by atoms with Crippen LogP contribution < -0.4 is 20.7 Å². The third-order valence-corrected chi connectivity index (χ3v) is 3.71. The zero-order valence-corrected chi connectivity index (χ0v) is 15.9. The molecule has 2 aromatic rings. The number of carbonyl (C=O) groups is 2. The molecule has 0 bridgehead atoms. The zero-order valence-electron chi connectivity index (χ0n) is 15.9. The maximum absolute atomic E-state index is 12.2. The molecular weight excluding hydrogens is 358 g/mol. The summed E-state index contributed by atoms with van der Waals surface area (Å²) >= 11 is 0. The maximum atomic E-state index is 12.2. The van der Waals surface area contributed by atoms with Crippen molar-refractivity contribution in [2.24, 2.45) is 0 Å². The van der Waals surface area contributed by atoms with Crippen LogP contribution in [0.15, 0.2) is 61.2 Å². The van der Waals surface area contributed by atoms with Gasteiger partial charge < -0.3 is 25.4 Å². The lowest BCUT2D eigenvalue weighted by molar-refractivity contribution is -0.114. The van der Waals surface area contributed by atoms with Crippen LogP contribution in [-0.4, -0.2) is 45.2 Å². The summed E-state index contributed by atoms with van der Waals surface area (Å²) in [5.74, 6) is 0.252. The average Bonchev–Trinajstić information content (AvgIpc) is 2.72. The first-order chi connectivity index (χ1) is 13.6. The Morgan fingerprint density at radius 2 is 1.86 bits per heavy atom. The number of hydrogen-bond donors (Lipinski definition) is 3. The van der Waals surface area contributed by atoms with Gasteiger partial charge in [-0.1, -0.05) is 24.8 Å². The predicted octanol–water partition coefficient (Wildman–Crippen LogP) is 2.68. The van der Waals surface area contributed by atoms with Gasteiger partial charge in [0.1, 0.15) is 12.4 Å². The minimum absolute atomic E-state index is 0.0771. The molecule has 0 radical (unpaired) electrons. The Balaban J connectivity index is 1.85. The molecule has 2 aromatic carbocycles. The van der Waals surface area contributed by atoms with E-state index in [1.54, 1.807) is 37.5 Å². The molecule has 0 aromatic heterocycles. The first kappa shape index (κ1) is 21.0. The fourth-order valence-corrected chi connectivity index (χ4v) is 2.34. The van der Waals surface area contributed by atoms with Crippen LogP contribution in [0.2, 0.25) is 0 Å². The highest BCUT2D eigenvalue weighted by atomic mass is 16.5. The second-order valence-corrected chi connectivity index (χ2v) is 5.82. The van der Waals surface area contributed by atoms with E-state index in [2.05, 4.69) is 22.5 Å². The van der Waals surface area contributed by atoms with Crippen LogP contribution >= 0.6 is 0 Å². The van der Waals surface area contributed by atoms with Gasteiger partial charge in [0.05, 0.1) is 18.8 Å². The Hall–Kier alpha value is -3.32. The number of amides is 2. The number of anilines is 2. The Morgan fingerprint density at radius 1 is 1.11 bits per heavy atom. The monoisotopic (exact) mass is 383 g/mol. The van der Waals surface area contributed by atoms with E-state index in [1.165, 1.54) is 0 Å². The van der Waals surface area contributed by atoms with Crippen molar-refractivity contribution in [1.82, 2.24) is 5.32 Å². The van der Waals surface area contributed by atoms with Crippen LogP contribution in [-0.2, 0) is 9.53 Å². The first-order valence-electron chi connectivity index (χ1n) is 8.87. The molecule has 0 heterocycles. The summed E-state index contributed by atoms with van der Waals surface area (Å²) in [7, 11) is 1.57. The molecule has 0 saturated carbocycles. The van der Waals surface area contributed by atoms with Crippen molar-refractivity contribution in [2.75, 3.05) is 44.0 Å². The standard InChI is InChI=1S/C21H25N3O4/c1-3-13-28-19-7-5-4-6-18(19)23-15-20(25)24-17-10-8-16(9-11-17)21(26)22-12-14-27-2/h3-11,23H,1,12-15H2,2H3,(H,22,26)(H,24,25). The van der Waals surface area contributed by atoms with Gasteiger partial charge in [-0.05, 0) is 36.4 Å². The number of methoxy groups -OCH3 is 1. The lowest BCUT2D eigenvalue weighted by Gasteiger charge is -2.12. The Bertz CT molecular complexity index is 790. The van der Waals surface area contributed by atoms with Gasteiger partial charge in [0.2, 0.25) is 5.91 Å². The number of rotatable bonds is 11. The van der Waals surface area contributed by atoms with Crippen molar-refractivity contribution in [3.8, 4) is 5.75 Å². The van der Waals surface area contributed by atoms with Crippen LogP contribution in [0, 0.1) is 0 Å². The van der Waals surface area contributed by atoms with E-state index in [9.17, 15) is 9.59 Å². The molecule has 28 heavy (non-hydrogen) atoms. The van der Waals surface area contributed by atoms with Gasteiger partial charge in [0, 0.05) is 24.9 Å². The van der Waals surface area contributed by atoms with Crippen molar-refractivity contribution in [2.45, 2.75) is 0 Å². The Kier molecular flexibility index (Phi) is 8.55. The molecule has 148 valence electrons. The molecule has 0 aliphatic carbocycles. The lowest BCUT2D eigenvalue weighted by atomic mass is 10.2. The number of hydrogen-bond acceptors (Lipinski definition) is 5. The Labute approximate surface area is 164 Å². The number of nitrogens with one attached hydrogen (secondary N) is 3. The summed E-state index contributed by atoms with van der Waals surface area (Å²) < 4.78 is 10.4. The van der Waals surface area contributed by atoms with Gasteiger partial charge in [-0.3, -0.25) is 9.59 Å². The molecule has 0 aliphatic rings. The largest absolute Gasteiger partial charge is 0.487 e. The van der Waals surface area contributed by atoms with Crippen molar-refractivity contribution in [1.29, 1.82) is 0 Å². The van der Waals surface area contributed by atoms with E-state index in [0.717, 1.165) is 5.69 Å². The van der Waals surface area contributed by atoms with Gasteiger partial charge >= 0.3 is 0 Å². The minimum atomic E-state index is -0.212. The van der Waals surface area contributed by atoms with Crippen molar-refractivity contribution in [3.63, 3.8) is 0 Å². The molecule has 0 spiro atoms. The fourth-order valence-electron chi connectivity index (χ4n) is 2.34. The van der Waals surface area contributed by atoms with Crippen LogP contribution in [0.5, 0.6) is 5.75 Å². The van der Waals surface area contributed by atoms with Crippen molar-refractivity contribution < 1.29 is 19.1 Å². The SMILES string of the molecule is C=CCOc1ccccc1NCC(=O)Nc1ccc(C(=O)NCCOC)cc1. The van der Waals surface area contributed by atoms with Gasteiger partial charge in [0.15, 0.2) is 0 Å². The van der Waals surface area contributed by atoms with Gasteiger partial charge in [-0.2, -0.15) is 0 Å². The van der Waals surface area contributed by atoms with E-state index in [1.807, 2.05) is 24.3 Å². The topological polar surface area (TPSA) is 88.7 Å². The predicted molar refractivity (Wildman–Crippen MR) is 110 cm³/mol. The summed E-state index contributed by atoms with van der Waals surface area (Å²) in [5.41, 5.74) is 1.85. The number of carbonyl (C=O) groups excluding carboxylic acids is 2. The quantitative estimate of drug-likeness (QED) is 0.410. The summed E-state index contributed by atoms with van der Waals surface area (Å²) in [5, 5.41) is 8.58. The summed E-state index contributed by atoms with van der Waals surface area (Å²) in [6.07, 6.45) is 1.66. The van der Waals surface area contributed by atoms with Crippen LogP contribution in [0.4, 0.5) is 11.4 Å². The van der Waals surface area contributed by atoms with Gasteiger partial charge in [0.25, 0.3) is 5.91 Å². The van der Waals surface area contributed by atoms with E-state index >= 15 is 0 Å². The maximum Gasteiger partial charge on any atom is 0.251 e. The smallest absolute Gasteiger partial charge is 0.251 e. The van der Waals surface area contributed by atoms with Gasteiger partial charge in [-0.25, -0.2) is 0 Å². The molecule has 0 aliphatic heterocycles. The summed E-state index contributed by atoms with van der Waals surface area (Å²) in [6, 6.07) is 14.1. The first-order valence-corrected chi connectivity index (χ1v) is 8.87. The second kappa shape index (κ2) is 11.4. The molecular formula is C21H25N3O4. The number of ether oxygens (including phenoxy) is 2. The molecule has 0 unspecified atom stereocenters. The van der Waals surface area contributed by atoms with Crippen LogP contribution in [0.25, 0.3) is 0 Å². The highest BCUT2D eigenvalue weighted by Crippen LogP contribution is 2.23. The summed E-state index contributed by atoms with van der Waals surface area (Å²) in [6.45, 7) is 4.98. The summed E-state index contributed by atoms with van der Waals surface area (Å²) in [4.78, 5) is 24.1. The lowest BCUT2D eigenvalue weighted by Crippen LogP contribution is -2.27. The second-order valence-electron chi connectivity index (χ2n) is 5.82. The molecule has 7 heteroatoms. The third-order valence-electron chi connectivity index (χ3n) is 3.71. The molecule has 3 N–H and O–H groups in total. The molecule has 7 nitrogen and oxygen atoms in total. The molecule has 2 amide bonds. The van der Waals surface area contributed by atoms with E-state index < -0.39 is 0 Å². The minimum Gasteiger partial charge on any atom is -0.487 e. The van der Waals surface area contributed by atoms with E-state index in [4.69, 9.17) is 9.47 Å². The zero-order chi connectivity index (χ0) is 20.2. The molecule has 0 atom stereocenters. The van der Waals surface area contributed by atoms with Crippen molar-refractivity contribution >= 4 is 23.2 Å². The fraction of sp³-hybridized carbons (Fsp3) is 0.238. The van der Waals surface area contributed by atoms with E-state index in [-0.39, 0.29) is 18.4 Å². The van der Waals surface area contributed by atoms with Crippen LogP contribution in [0.3, 0.4) is 0 Å².